The van der Waals surface area contributed by atoms with Crippen molar-refractivity contribution < 1.29 is 28.6 Å². The molecular formula is C16H16BrNO6. The van der Waals surface area contributed by atoms with Gasteiger partial charge < -0.3 is 24.3 Å². The van der Waals surface area contributed by atoms with E-state index in [0.717, 1.165) is 0 Å². The van der Waals surface area contributed by atoms with Gasteiger partial charge in [-0.25, -0.2) is 0 Å². The van der Waals surface area contributed by atoms with Crippen molar-refractivity contribution in [3.8, 4) is 11.5 Å². The Morgan fingerprint density at radius 2 is 1.96 bits per heavy atom. The highest BCUT2D eigenvalue weighted by molar-refractivity contribution is 9.10. The molecule has 7 nitrogen and oxygen atoms in total. The van der Waals surface area contributed by atoms with E-state index in [1.807, 2.05) is 0 Å². The summed E-state index contributed by atoms with van der Waals surface area (Å²) in [4.78, 5) is 23.4. The molecule has 0 saturated heterocycles. The van der Waals surface area contributed by atoms with Crippen molar-refractivity contribution in [1.29, 1.82) is 0 Å². The lowest BCUT2D eigenvalue weighted by Gasteiger charge is -2.18. The molecule has 1 aromatic heterocycles. The van der Waals surface area contributed by atoms with Crippen LogP contribution in [0.1, 0.15) is 28.4 Å². The number of carboxylic acids is 1. The van der Waals surface area contributed by atoms with Gasteiger partial charge in [0.2, 0.25) is 0 Å². The van der Waals surface area contributed by atoms with Gasteiger partial charge in [0.15, 0.2) is 16.2 Å². The molecule has 0 radical (unpaired) electrons. The zero-order valence-corrected chi connectivity index (χ0v) is 14.6. The average molecular weight is 398 g/mol. The van der Waals surface area contributed by atoms with Crippen LogP contribution in [-0.2, 0) is 4.79 Å². The lowest BCUT2D eigenvalue weighted by atomic mass is 10.0. The Morgan fingerprint density at radius 3 is 2.50 bits per heavy atom. The maximum Gasteiger partial charge on any atom is 0.305 e. The van der Waals surface area contributed by atoms with Gasteiger partial charge in [-0.1, -0.05) is 6.07 Å². The monoisotopic (exact) mass is 397 g/mol. The zero-order valence-electron chi connectivity index (χ0n) is 13.0. The van der Waals surface area contributed by atoms with Crippen LogP contribution in [0.4, 0.5) is 0 Å². The zero-order chi connectivity index (χ0) is 17.7. The first-order chi connectivity index (χ1) is 11.4. The van der Waals surface area contributed by atoms with Crippen molar-refractivity contribution in [3.05, 3.63) is 46.3 Å². The number of carbonyl (C=O) groups is 2. The predicted molar refractivity (Wildman–Crippen MR) is 88.4 cm³/mol. The molecular weight excluding hydrogens is 382 g/mol. The normalized spacial score (nSPS) is 11.6. The highest BCUT2D eigenvalue weighted by atomic mass is 79.9. The minimum Gasteiger partial charge on any atom is -0.493 e. The maximum atomic E-state index is 12.3. The molecule has 1 aromatic carbocycles. The lowest BCUT2D eigenvalue weighted by molar-refractivity contribution is -0.137. The summed E-state index contributed by atoms with van der Waals surface area (Å²) in [5.41, 5.74) is 0.878. The highest BCUT2D eigenvalue weighted by Gasteiger charge is 2.21. The van der Waals surface area contributed by atoms with E-state index in [0.29, 0.717) is 21.7 Å². The fourth-order valence-electron chi connectivity index (χ4n) is 2.17. The van der Waals surface area contributed by atoms with Gasteiger partial charge in [0.05, 0.1) is 32.2 Å². The number of hydrogen-bond donors (Lipinski definition) is 2. The number of carboxylic acid groups (broad SMARTS) is 1. The SMILES string of the molecule is COc1ccc(C(CC(=O)O)NC(=O)c2coc(Br)c2)cc1OC. The number of hydrogen-bond acceptors (Lipinski definition) is 5. The van der Waals surface area contributed by atoms with E-state index in [2.05, 4.69) is 21.2 Å². The first-order valence-corrected chi connectivity index (χ1v) is 7.72. The molecule has 8 heteroatoms. The molecule has 2 aromatic rings. The van der Waals surface area contributed by atoms with Crippen molar-refractivity contribution in [3.63, 3.8) is 0 Å². The molecule has 0 aliphatic carbocycles. The summed E-state index contributed by atoms with van der Waals surface area (Å²) in [6.45, 7) is 0. The number of methoxy groups -OCH3 is 2. The Hall–Kier alpha value is -2.48. The van der Waals surface area contributed by atoms with Crippen LogP contribution < -0.4 is 14.8 Å². The van der Waals surface area contributed by atoms with Gasteiger partial charge >= 0.3 is 5.97 Å². The molecule has 1 amide bonds. The van der Waals surface area contributed by atoms with E-state index < -0.39 is 17.9 Å². The first-order valence-electron chi connectivity index (χ1n) is 6.93. The minimum absolute atomic E-state index is 0.278. The molecule has 0 saturated carbocycles. The second kappa shape index (κ2) is 7.87. The van der Waals surface area contributed by atoms with Crippen molar-refractivity contribution in [1.82, 2.24) is 5.32 Å². The second-order valence-corrected chi connectivity index (χ2v) is 5.66. The summed E-state index contributed by atoms with van der Waals surface area (Å²) in [5.74, 6) is -0.514. The van der Waals surface area contributed by atoms with E-state index in [1.165, 1.54) is 26.5 Å². The minimum atomic E-state index is -1.04. The summed E-state index contributed by atoms with van der Waals surface area (Å²) in [7, 11) is 2.99. The Kier molecular flexibility index (Phi) is 5.86. The molecule has 128 valence electrons. The summed E-state index contributed by atoms with van der Waals surface area (Å²) < 4.78 is 15.8. The van der Waals surface area contributed by atoms with E-state index in [-0.39, 0.29) is 12.0 Å². The van der Waals surface area contributed by atoms with Crippen LogP contribution in [0.25, 0.3) is 0 Å². The Morgan fingerprint density at radius 1 is 1.25 bits per heavy atom. The van der Waals surface area contributed by atoms with E-state index in [9.17, 15) is 9.59 Å². The van der Waals surface area contributed by atoms with Gasteiger partial charge in [0.1, 0.15) is 6.26 Å². The van der Waals surface area contributed by atoms with Crippen LogP contribution in [0.2, 0.25) is 0 Å². The Labute approximate surface area is 146 Å². The third-order valence-electron chi connectivity index (χ3n) is 3.32. The number of nitrogens with one attached hydrogen (secondary N) is 1. The third-order valence-corrected chi connectivity index (χ3v) is 3.74. The smallest absolute Gasteiger partial charge is 0.305 e. The van der Waals surface area contributed by atoms with Crippen LogP contribution in [0.3, 0.4) is 0 Å². The molecule has 1 heterocycles. The van der Waals surface area contributed by atoms with Crippen LogP contribution in [0, 0.1) is 0 Å². The number of halogens is 1. The number of aliphatic carboxylic acids is 1. The van der Waals surface area contributed by atoms with Gasteiger partial charge in [-0.3, -0.25) is 9.59 Å². The summed E-state index contributed by atoms with van der Waals surface area (Å²) in [5, 5.41) is 11.8. The molecule has 0 spiro atoms. The molecule has 2 N–H and O–H groups in total. The van der Waals surface area contributed by atoms with Crippen LogP contribution in [0.15, 0.2) is 39.6 Å². The van der Waals surface area contributed by atoms with Gasteiger partial charge in [-0.15, -0.1) is 0 Å². The summed E-state index contributed by atoms with van der Waals surface area (Å²) >= 11 is 3.12. The molecule has 1 unspecified atom stereocenters. The van der Waals surface area contributed by atoms with Crippen molar-refractivity contribution in [2.24, 2.45) is 0 Å². The van der Waals surface area contributed by atoms with Crippen LogP contribution in [-0.4, -0.2) is 31.2 Å². The summed E-state index contributed by atoms with van der Waals surface area (Å²) in [6, 6.07) is 5.74. The molecule has 0 aliphatic rings. The number of amides is 1. The van der Waals surface area contributed by atoms with E-state index in [4.69, 9.17) is 19.0 Å². The number of carbonyl (C=O) groups excluding carboxylic acids is 1. The highest BCUT2D eigenvalue weighted by Crippen LogP contribution is 2.31. The quantitative estimate of drug-likeness (QED) is 0.744. The van der Waals surface area contributed by atoms with Crippen molar-refractivity contribution >= 4 is 27.8 Å². The van der Waals surface area contributed by atoms with E-state index in [1.54, 1.807) is 18.2 Å². The Balaban J connectivity index is 2.28. The third kappa shape index (κ3) is 4.29. The second-order valence-electron chi connectivity index (χ2n) is 4.88. The number of ether oxygens (including phenoxy) is 2. The topological polar surface area (TPSA) is 98.0 Å². The predicted octanol–water partition coefficient (Wildman–Crippen LogP) is 3.01. The molecule has 0 aliphatic heterocycles. The van der Waals surface area contributed by atoms with E-state index >= 15 is 0 Å². The molecule has 1 atom stereocenters. The van der Waals surface area contributed by atoms with Gasteiger partial charge in [0, 0.05) is 6.07 Å². The molecule has 0 fully saturated rings. The molecule has 0 bridgehead atoms. The molecule has 24 heavy (non-hydrogen) atoms. The summed E-state index contributed by atoms with van der Waals surface area (Å²) in [6.07, 6.45) is 1.01. The number of rotatable bonds is 7. The fraction of sp³-hybridized carbons (Fsp3) is 0.250. The van der Waals surface area contributed by atoms with Crippen molar-refractivity contribution in [2.45, 2.75) is 12.5 Å². The Bertz CT molecular complexity index is 742. The van der Waals surface area contributed by atoms with Gasteiger partial charge in [0.25, 0.3) is 5.91 Å². The largest absolute Gasteiger partial charge is 0.493 e. The maximum absolute atomic E-state index is 12.3. The first kappa shape index (κ1) is 17.9. The molecule has 2 rings (SSSR count). The average Bonchev–Trinajstić information content (AvgIpc) is 2.99. The van der Waals surface area contributed by atoms with Crippen molar-refractivity contribution in [2.75, 3.05) is 14.2 Å². The lowest BCUT2D eigenvalue weighted by Crippen LogP contribution is -2.30. The van der Waals surface area contributed by atoms with Gasteiger partial charge in [-0.2, -0.15) is 0 Å². The fourth-order valence-corrected chi connectivity index (χ4v) is 2.51. The number of furan rings is 1. The van der Waals surface area contributed by atoms with Gasteiger partial charge in [-0.05, 0) is 33.6 Å². The van der Waals surface area contributed by atoms with Crippen LogP contribution in [0.5, 0.6) is 11.5 Å². The number of benzene rings is 1. The van der Waals surface area contributed by atoms with Crippen LogP contribution >= 0.6 is 15.9 Å². The standard InChI is InChI=1S/C16H16BrNO6/c1-22-12-4-3-9(5-13(12)23-2)11(7-15(19)20)18-16(21)10-6-14(17)24-8-10/h3-6,8,11H,7H2,1-2H3,(H,18,21)(H,19,20).